The first kappa shape index (κ1) is 25.7. The van der Waals surface area contributed by atoms with E-state index < -0.39 is 12.7 Å². The molecule has 2 rings (SSSR count). The van der Waals surface area contributed by atoms with Crippen molar-refractivity contribution < 1.29 is 13.2 Å². The minimum atomic E-state index is -4.08. The third-order valence-corrected chi connectivity index (χ3v) is 5.65. The average Bonchev–Trinajstić information content (AvgIpc) is 2.63. The molecule has 0 aliphatic carbocycles. The van der Waals surface area contributed by atoms with E-state index in [4.69, 9.17) is 0 Å². The molecule has 9 heteroatoms. The van der Waals surface area contributed by atoms with Crippen LogP contribution in [0.2, 0.25) is 0 Å². The summed E-state index contributed by atoms with van der Waals surface area (Å²) in [6.07, 6.45) is 2.07. The molecule has 0 unspecified atom stereocenters. The molecule has 2 aliphatic heterocycles. The first-order valence-electron chi connectivity index (χ1n) is 10.4. The van der Waals surface area contributed by atoms with Crippen LogP contribution in [0, 0.1) is 5.92 Å². The van der Waals surface area contributed by atoms with Crippen molar-refractivity contribution in [2.75, 3.05) is 52.9 Å². The van der Waals surface area contributed by atoms with Crippen LogP contribution in [-0.4, -0.2) is 80.8 Å². The van der Waals surface area contributed by atoms with Gasteiger partial charge in [-0.1, -0.05) is 6.92 Å². The summed E-state index contributed by atoms with van der Waals surface area (Å²) in [5, 5.41) is 6.90. The van der Waals surface area contributed by atoms with Crippen LogP contribution < -0.4 is 10.6 Å². The summed E-state index contributed by atoms with van der Waals surface area (Å²) in [6.45, 7) is 6.82. The Morgan fingerprint density at radius 2 is 1.64 bits per heavy atom. The van der Waals surface area contributed by atoms with E-state index in [2.05, 4.69) is 27.4 Å². The van der Waals surface area contributed by atoms with Gasteiger partial charge >= 0.3 is 6.18 Å². The van der Waals surface area contributed by atoms with Crippen LogP contribution in [0.5, 0.6) is 0 Å². The predicted octanol–water partition coefficient (Wildman–Crippen LogP) is 3.31. The average molecular weight is 519 g/mol. The van der Waals surface area contributed by atoms with Crippen molar-refractivity contribution in [3.8, 4) is 0 Å². The Morgan fingerprint density at radius 1 is 1.04 bits per heavy atom. The molecular formula is C19H37F3IN5. The van der Waals surface area contributed by atoms with E-state index in [-0.39, 0.29) is 24.0 Å². The molecule has 2 aliphatic rings. The molecular weight excluding hydrogens is 482 g/mol. The van der Waals surface area contributed by atoms with Gasteiger partial charge in [-0.3, -0.25) is 9.89 Å². The zero-order valence-electron chi connectivity index (χ0n) is 17.2. The summed E-state index contributed by atoms with van der Waals surface area (Å²) < 4.78 is 37.3. The highest BCUT2D eigenvalue weighted by molar-refractivity contribution is 14.0. The highest BCUT2D eigenvalue weighted by Crippen LogP contribution is 2.24. The molecule has 0 atom stereocenters. The van der Waals surface area contributed by atoms with Crippen LogP contribution in [0.3, 0.4) is 0 Å². The standard InChI is InChI=1S/C19H36F3N5.HI/c1-3-10-26-13-7-17(8-14-26)25-18(23-2)24-9-4-16-5-11-27(12-6-16)15-19(20,21)22;/h16-17H,3-15H2,1-2H3,(H2,23,24,25);1H. The Balaban J connectivity index is 0.00000392. The molecule has 2 fully saturated rings. The number of alkyl halides is 3. The zero-order valence-corrected chi connectivity index (χ0v) is 19.6. The normalized spacial score (nSPS) is 21.4. The number of nitrogens with one attached hydrogen (secondary N) is 2. The molecule has 0 aromatic rings. The maximum Gasteiger partial charge on any atom is 0.401 e. The van der Waals surface area contributed by atoms with Gasteiger partial charge in [0, 0.05) is 32.7 Å². The molecule has 0 saturated carbocycles. The molecule has 28 heavy (non-hydrogen) atoms. The van der Waals surface area contributed by atoms with Gasteiger partial charge in [-0.25, -0.2) is 0 Å². The molecule has 0 bridgehead atoms. The van der Waals surface area contributed by atoms with Gasteiger partial charge in [0.15, 0.2) is 5.96 Å². The van der Waals surface area contributed by atoms with E-state index in [1.165, 1.54) is 17.9 Å². The van der Waals surface area contributed by atoms with Crippen molar-refractivity contribution in [3.63, 3.8) is 0 Å². The van der Waals surface area contributed by atoms with E-state index in [9.17, 15) is 13.2 Å². The highest BCUT2D eigenvalue weighted by atomic mass is 127. The molecule has 2 N–H and O–H groups in total. The monoisotopic (exact) mass is 519 g/mol. The molecule has 2 heterocycles. The summed E-state index contributed by atoms with van der Waals surface area (Å²) >= 11 is 0. The van der Waals surface area contributed by atoms with E-state index in [1.807, 2.05) is 0 Å². The summed E-state index contributed by atoms with van der Waals surface area (Å²) in [6, 6.07) is 0.468. The smallest absolute Gasteiger partial charge is 0.356 e. The topological polar surface area (TPSA) is 42.9 Å². The number of aliphatic imine (C=N–C) groups is 1. The van der Waals surface area contributed by atoms with Crippen molar-refractivity contribution in [1.29, 1.82) is 0 Å². The Bertz CT molecular complexity index is 445. The second kappa shape index (κ2) is 13.1. The Kier molecular flexibility index (Phi) is 12.0. The van der Waals surface area contributed by atoms with Crippen LogP contribution >= 0.6 is 24.0 Å². The lowest BCUT2D eigenvalue weighted by molar-refractivity contribution is -0.148. The predicted molar refractivity (Wildman–Crippen MR) is 120 cm³/mol. The van der Waals surface area contributed by atoms with Gasteiger partial charge in [0.05, 0.1) is 6.54 Å². The lowest BCUT2D eigenvalue weighted by Crippen LogP contribution is -2.49. The number of guanidine groups is 1. The first-order valence-corrected chi connectivity index (χ1v) is 10.4. The van der Waals surface area contributed by atoms with Gasteiger partial charge < -0.3 is 15.5 Å². The summed E-state index contributed by atoms with van der Waals surface area (Å²) in [5.41, 5.74) is 0. The van der Waals surface area contributed by atoms with Crippen molar-refractivity contribution in [2.45, 2.75) is 57.7 Å². The maximum absolute atomic E-state index is 12.4. The quantitative estimate of drug-likeness (QED) is 0.308. The third-order valence-electron chi connectivity index (χ3n) is 5.65. The fourth-order valence-electron chi connectivity index (χ4n) is 4.09. The lowest BCUT2D eigenvalue weighted by atomic mass is 9.93. The number of halogens is 4. The number of rotatable bonds is 7. The van der Waals surface area contributed by atoms with E-state index in [1.54, 1.807) is 7.05 Å². The first-order chi connectivity index (χ1) is 12.9. The summed E-state index contributed by atoms with van der Waals surface area (Å²) in [5.74, 6) is 1.34. The number of piperidine rings is 2. The van der Waals surface area contributed by atoms with Gasteiger partial charge in [0.1, 0.15) is 0 Å². The SMILES string of the molecule is CCCN1CCC(NC(=NC)NCCC2CCN(CC(F)(F)F)CC2)CC1.I. The lowest BCUT2D eigenvalue weighted by Gasteiger charge is -2.33. The molecule has 0 spiro atoms. The van der Waals surface area contributed by atoms with Crippen LogP contribution in [0.4, 0.5) is 13.2 Å². The second-order valence-corrected chi connectivity index (χ2v) is 7.88. The van der Waals surface area contributed by atoms with E-state index >= 15 is 0 Å². The van der Waals surface area contributed by atoms with Crippen molar-refractivity contribution in [2.24, 2.45) is 10.9 Å². The van der Waals surface area contributed by atoms with Crippen LogP contribution in [0.15, 0.2) is 4.99 Å². The second-order valence-electron chi connectivity index (χ2n) is 7.88. The number of hydrogen-bond donors (Lipinski definition) is 2. The summed E-state index contributed by atoms with van der Waals surface area (Å²) in [7, 11) is 1.79. The van der Waals surface area contributed by atoms with E-state index in [0.717, 1.165) is 57.7 Å². The zero-order chi connectivity index (χ0) is 19.7. The Hall–Kier alpha value is -0.290. The van der Waals surface area contributed by atoms with Gasteiger partial charge in [-0.15, -0.1) is 24.0 Å². The molecule has 0 aromatic heterocycles. The largest absolute Gasteiger partial charge is 0.401 e. The number of likely N-dealkylation sites (tertiary alicyclic amines) is 2. The van der Waals surface area contributed by atoms with Gasteiger partial charge in [-0.2, -0.15) is 13.2 Å². The number of hydrogen-bond acceptors (Lipinski definition) is 3. The number of nitrogens with zero attached hydrogens (tertiary/aromatic N) is 3. The Morgan fingerprint density at radius 3 is 2.18 bits per heavy atom. The third kappa shape index (κ3) is 9.96. The van der Waals surface area contributed by atoms with Crippen molar-refractivity contribution in [3.05, 3.63) is 0 Å². The molecule has 0 aromatic carbocycles. The van der Waals surface area contributed by atoms with E-state index in [0.29, 0.717) is 25.0 Å². The van der Waals surface area contributed by atoms with Crippen LogP contribution in [-0.2, 0) is 0 Å². The minimum Gasteiger partial charge on any atom is -0.356 e. The minimum absolute atomic E-state index is 0. The summed E-state index contributed by atoms with van der Waals surface area (Å²) in [4.78, 5) is 8.36. The fourth-order valence-corrected chi connectivity index (χ4v) is 4.09. The van der Waals surface area contributed by atoms with Gasteiger partial charge in [0.2, 0.25) is 0 Å². The van der Waals surface area contributed by atoms with Crippen LogP contribution in [0.25, 0.3) is 0 Å². The van der Waals surface area contributed by atoms with Crippen molar-refractivity contribution >= 4 is 29.9 Å². The van der Waals surface area contributed by atoms with Gasteiger partial charge in [-0.05, 0) is 64.1 Å². The highest BCUT2D eigenvalue weighted by Gasteiger charge is 2.32. The fraction of sp³-hybridized carbons (Fsp3) is 0.947. The molecule has 0 radical (unpaired) electrons. The van der Waals surface area contributed by atoms with Gasteiger partial charge in [0.25, 0.3) is 0 Å². The molecule has 2 saturated heterocycles. The van der Waals surface area contributed by atoms with Crippen LogP contribution in [0.1, 0.15) is 45.4 Å². The molecule has 166 valence electrons. The maximum atomic E-state index is 12.4. The van der Waals surface area contributed by atoms with Crippen molar-refractivity contribution in [1.82, 2.24) is 20.4 Å². The molecule has 5 nitrogen and oxygen atoms in total. The molecule has 0 amide bonds. The Labute approximate surface area is 184 Å².